The molecule has 7 aliphatic rings. The molecule has 4 saturated carbocycles. The fourth-order valence-electron chi connectivity index (χ4n) is 14.2. The molecule has 0 spiro atoms. The first-order chi connectivity index (χ1) is 26.6. The molecule has 14 heteroatoms. The summed E-state index contributed by atoms with van der Waals surface area (Å²) in [7, 11) is 1.80. The molecule has 0 aromatic heterocycles. The highest BCUT2D eigenvalue weighted by Gasteiger charge is 2.72. The number of fused-ring (bicyclic) bond motifs is 7. The van der Waals surface area contributed by atoms with Crippen LogP contribution in [0.2, 0.25) is 0 Å². The monoisotopic (exact) mass is 812 g/mol. The standard InChI is InChI=1S/C43H72O14/c1-37(2)13-14-42(20-46)23(16-37)22-15-24(53-8)34-39(5)11-10-29(38(3,4)27(39)9-12-40(34,6)41(22,7)17-28(42)48)57-43(21-47)35(52)33(26(19-45)56-43)55-36-32(51)31(50)30(49)25(18-44)54-36/h15,23-36,44-52H,9-14,16-21H2,1-8H3. The number of aliphatic hydroxyl groups excluding tert-OH is 9. The van der Waals surface area contributed by atoms with Gasteiger partial charge in [0.25, 0.3) is 0 Å². The minimum atomic E-state index is -2.01. The van der Waals surface area contributed by atoms with Gasteiger partial charge in [-0.1, -0.05) is 60.1 Å². The molecule has 0 radical (unpaired) electrons. The van der Waals surface area contributed by atoms with Crippen molar-refractivity contribution in [3.05, 3.63) is 11.6 Å². The molecule has 5 aliphatic carbocycles. The zero-order valence-electron chi connectivity index (χ0n) is 35.2. The number of aliphatic hydroxyl groups is 9. The maximum Gasteiger partial charge on any atom is 0.221 e. The summed E-state index contributed by atoms with van der Waals surface area (Å²) in [5.41, 5.74) is -0.461. The Labute approximate surface area is 337 Å². The van der Waals surface area contributed by atoms with Crippen molar-refractivity contribution in [1.82, 2.24) is 0 Å². The second-order valence-electron chi connectivity index (χ2n) is 21.2. The van der Waals surface area contributed by atoms with Gasteiger partial charge >= 0.3 is 0 Å². The van der Waals surface area contributed by atoms with Crippen LogP contribution in [-0.2, 0) is 23.7 Å². The number of hydrogen-bond donors (Lipinski definition) is 9. The van der Waals surface area contributed by atoms with E-state index in [0.29, 0.717) is 12.8 Å². The summed E-state index contributed by atoms with van der Waals surface area (Å²) in [6.07, 6.45) is -4.87. The summed E-state index contributed by atoms with van der Waals surface area (Å²) in [6.45, 7) is 14.0. The molecule has 0 amide bonds. The SMILES string of the molecule is COC1C=C2C3CC(C)(C)CCC3(CO)C(O)CC2(C)C2(C)CCC3C(C)(C)C(OC4(CO)OC(CO)C(OC5OC(CO)C(O)C(O)C5O)C4O)CCC3(C)C12. The van der Waals surface area contributed by atoms with Crippen LogP contribution in [-0.4, -0.2) is 153 Å². The molecule has 0 aromatic carbocycles. The highest BCUT2D eigenvalue weighted by molar-refractivity contribution is 5.37. The molecule has 2 heterocycles. The van der Waals surface area contributed by atoms with Gasteiger partial charge in [0, 0.05) is 18.4 Å². The summed E-state index contributed by atoms with van der Waals surface area (Å²) in [5.74, 6) is -1.77. The van der Waals surface area contributed by atoms with Crippen molar-refractivity contribution in [1.29, 1.82) is 0 Å². The van der Waals surface area contributed by atoms with Crippen LogP contribution in [0.15, 0.2) is 11.6 Å². The Hall–Kier alpha value is -0.820. The Morgan fingerprint density at radius 3 is 2.07 bits per heavy atom. The Morgan fingerprint density at radius 1 is 0.772 bits per heavy atom. The van der Waals surface area contributed by atoms with E-state index in [9.17, 15) is 46.0 Å². The quantitative estimate of drug-likeness (QED) is 0.150. The minimum Gasteiger partial charge on any atom is -0.396 e. The predicted molar refractivity (Wildman–Crippen MR) is 205 cm³/mol. The smallest absolute Gasteiger partial charge is 0.221 e. The average molecular weight is 813 g/mol. The van der Waals surface area contributed by atoms with Crippen LogP contribution in [0.5, 0.6) is 0 Å². The Morgan fingerprint density at radius 2 is 1.46 bits per heavy atom. The van der Waals surface area contributed by atoms with Crippen molar-refractivity contribution in [3.8, 4) is 0 Å². The first kappa shape index (κ1) is 44.2. The second kappa shape index (κ2) is 14.9. The van der Waals surface area contributed by atoms with Gasteiger partial charge in [0.05, 0.1) is 38.1 Å². The van der Waals surface area contributed by atoms with Crippen LogP contribution < -0.4 is 0 Å². The molecule has 0 bridgehead atoms. The number of rotatable bonds is 9. The summed E-state index contributed by atoms with van der Waals surface area (Å²) in [4.78, 5) is 0. The molecule has 19 unspecified atom stereocenters. The zero-order chi connectivity index (χ0) is 41.9. The summed E-state index contributed by atoms with van der Waals surface area (Å²) >= 11 is 0. The topological polar surface area (TPSA) is 228 Å². The van der Waals surface area contributed by atoms with Crippen molar-refractivity contribution >= 4 is 0 Å². The highest BCUT2D eigenvalue weighted by Crippen LogP contribution is 2.76. The third-order valence-corrected chi connectivity index (χ3v) is 17.7. The molecule has 57 heavy (non-hydrogen) atoms. The highest BCUT2D eigenvalue weighted by atomic mass is 16.8. The summed E-state index contributed by atoms with van der Waals surface area (Å²) in [5, 5.41) is 97.1. The predicted octanol–water partition coefficient (Wildman–Crippen LogP) is 1.39. The minimum absolute atomic E-state index is 0.0388. The third-order valence-electron chi connectivity index (χ3n) is 17.7. The van der Waals surface area contributed by atoms with E-state index < -0.39 is 97.7 Å². The fraction of sp³-hybridized carbons (Fsp3) is 0.953. The molecular formula is C43H72O14. The number of hydrogen-bond acceptors (Lipinski definition) is 14. The Balaban J connectivity index is 1.17. The van der Waals surface area contributed by atoms with Crippen LogP contribution in [0, 0.1) is 50.2 Å². The lowest BCUT2D eigenvalue weighted by atomic mass is 9.33. The van der Waals surface area contributed by atoms with Crippen LogP contribution in [0.25, 0.3) is 0 Å². The molecule has 6 fully saturated rings. The number of allylic oxidation sites excluding steroid dienone is 1. The number of ether oxygens (including phenoxy) is 5. The molecule has 328 valence electrons. The van der Waals surface area contributed by atoms with Crippen molar-refractivity contribution < 1.29 is 69.6 Å². The van der Waals surface area contributed by atoms with E-state index in [2.05, 4.69) is 54.5 Å². The van der Waals surface area contributed by atoms with E-state index in [1.165, 1.54) is 5.57 Å². The molecular weight excluding hydrogens is 740 g/mol. The molecule has 19 atom stereocenters. The first-order valence-electron chi connectivity index (χ1n) is 21.4. The third kappa shape index (κ3) is 6.32. The molecule has 7 rings (SSSR count). The van der Waals surface area contributed by atoms with Crippen LogP contribution in [0.4, 0.5) is 0 Å². The average Bonchev–Trinajstić information content (AvgIpc) is 3.42. The van der Waals surface area contributed by atoms with E-state index in [4.69, 9.17) is 23.7 Å². The van der Waals surface area contributed by atoms with Crippen molar-refractivity contribution in [3.63, 3.8) is 0 Å². The van der Waals surface area contributed by atoms with Crippen LogP contribution >= 0.6 is 0 Å². The molecule has 2 aliphatic heterocycles. The fourth-order valence-corrected chi connectivity index (χ4v) is 14.2. The van der Waals surface area contributed by atoms with E-state index in [1.807, 2.05) is 0 Å². The number of methoxy groups -OCH3 is 1. The lowest BCUT2D eigenvalue weighted by Gasteiger charge is -2.73. The first-order valence-corrected chi connectivity index (χ1v) is 21.4. The Kier molecular flexibility index (Phi) is 11.6. The lowest BCUT2D eigenvalue weighted by molar-refractivity contribution is -0.330. The van der Waals surface area contributed by atoms with Gasteiger partial charge in [0.15, 0.2) is 6.29 Å². The maximum absolute atomic E-state index is 12.1. The van der Waals surface area contributed by atoms with Gasteiger partial charge < -0.3 is 69.6 Å². The van der Waals surface area contributed by atoms with Crippen molar-refractivity contribution in [2.45, 2.75) is 173 Å². The van der Waals surface area contributed by atoms with E-state index >= 15 is 0 Å². The van der Waals surface area contributed by atoms with E-state index in [0.717, 1.165) is 38.5 Å². The normalized spacial score (nSPS) is 54.2. The van der Waals surface area contributed by atoms with Gasteiger partial charge in [-0.15, -0.1) is 0 Å². The summed E-state index contributed by atoms with van der Waals surface area (Å²) in [6, 6.07) is 0. The van der Waals surface area contributed by atoms with E-state index in [-0.39, 0.29) is 52.1 Å². The van der Waals surface area contributed by atoms with Gasteiger partial charge in [-0.25, -0.2) is 0 Å². The van der Waals surface area contributed by atoms with Gasteiger partial charge in [0.1, 0.15) is 49.3 Å². The van der Waals surface area contributed by atoms with Gasteiger partial charge in [0.2, 0.25) is 5.79 Å². The van der Waals surface area contributed by atoms with E-state index in [1.54, 1.807) is 7.11 Å². The molecule has 0 aromatic rings. The van der Waals surface area contributed by atoms with Crippen molar-refractivity contribution in [2.75, 3.05) is 33.5 Å². The Bertz CT molecular complexity index is 1510. The summed E-state index contributed by atoms with van der Waals surface area (Å²) < 4.78 is 30.8. The molecule has 9 N–H and O–H groups in total. The molecule has 14 nitrogen and oxygen atoms in total. The van der Waals surface area contributed by atoms with Crippen LogP contribution in [0.1, 0.15) is 99.8 Å². The molecule has 2 saturated heterocycles. The van der Waals surface area contributed by atoms with Gasteiger partial charge in [-0.3, -0.25) is 0 Å². The lowest BCUT2D eigenvalue weighted by Crippen LogP contribution is -2.70. The van der Waals surface area contributed by atoms with Crippen molar-refractivity contribution in [2.24, 2.45) is 50.2 Å². The van der Waals surface area contributed by atoms with Crippen LogP contribution in [0.3, 0.4) is 0 Å². The second-order valence-corrected chi connectivity index (χ2v) is 21.2. The zero-order valence-corrected chi connectivity index (χ0v) is 35.2. The maximum atomic E-state index is 12.1. The van der Waals surface area contributed by atoms with Gasteiger partial charge in [-0.2, -0.15) is 0 Å². The van der Waals surface area contributed by atoms with Gasteiger partial charge in [-0.05, 0) is 90.3 Å². The largest absolute Gasteiger partial charge is 0.396 e.